The molecule has 1 fully saturated rings. The van der Waals surface area contributed by atoms with Gasteiger partial charge in [0.05, 0.1) is 47.7 Å². The molecular weight excluding hydrogens is 530 g/mol. The van der Waals surface area contributed by atoms with Crippen LogP contribution in [-0.4, -0.2) is 54.1 Å². The van der Waals surface area contributed by atoms with Gasteiger partial charge in [-0.15, -0.1) is 13.2 Å². The van der Waals surface area contributed by atoms with Crippen LogP contribution in [0, 0.1) is 5.82 Å². The Kier molecular flexibility index (Phi) is 6.94. The Morgan fingerprint density at radius 2 is 1.76 bits per heavy atom. The van der Waals surface area contributed by atoms with Crippen LogP contribution in [0.5, 0.6) is 17.2 Å². The molecule has 1 saturated heterocycles. The van der Waals surface area contributed by atoms with Crippen molar-refractivity contribution in [1.82, 2.24) is 4.72 Å². The van der Waals surface area contributed by atoms with E-state index >= 15 is 0 Å². The zero-order valence-corrected chi connectivity index (χ0v) is 20.7. The quantitative estimate of drug-likeness (QED) is 0.443. The number of hydrogen-bond donors (Lipinski definition) is 2. The number of benzene rings is 3. The normalized spacial score (nSPS) is 22.5. The fourth-order valence-electron chi connectivity index (χ4n) is 4.49. The van der Waals surface area contributed by atoms with Gasteiger partial charge in [-0.1, -0.05) is 12.1 Å². The third kappa shape index (κ3) is 5.14. The molecule has 0 radical (unpaired) electrons. The number of halogens is 4. The number of nitrogens with zero attached hydrogens (tertiary/aromatic N) is 2. The van der Waals surface area contributed by atoms with E-state index in [0.29, 0.717) is 17.1 Å². The van der Waals surface area contributed by atoms with Gasteiger partial charge in [-0.05, 0) is 48.5 Å². The molecule has 202 valence electrons. The average Bonchev–Trinajstić information content (AvgIpc) is 2.88. The summed E-state index contributed by atoms with van der Waals surface area (Å²) in [6.45, 7) is 0.0835. The molecule has 0 amide bonds. The van der Waals surface area contributed by atoms with Gasteiger partial charge in [0.25, 0.3) is 0 Å². The molecule has 2 heterocycles. The molecule has 8 nitrogen and oxygen atoms in total. The molecule has 0 aromatic heterocycles. The van der Waals surface area contributed by atoms with Crippen molar-refractivity contribution >= 4 is 21.3 Å². The molecule has 4 unspecified atom stereocenters. The fraction of sp³-hybridized carbons (Fsp3) is 0.280. The Labute approximate surface area is 216 Å². The molecule has 3 aromatic rings. The van der Waals surface area contributed by atoms with Crippen molar-refractivity contribution < 1.29 is 41.1 Å². The summed E-state index contributed by atoms with van der Waals surface area (Å²) < 4.78 is 87.5. The van der Waals surface area contributed by atoms with Gasteiger partial charge in [0.15, 0.2) is 11.5 Å². The maximum absolute atomic E-state index is 14.0. The maximum Gasteiger partial charge on any atom is 0.573 e. The van der Waals surface area contributed by atoms with E-state index in [0.717, 1.165) is 12.1 Å². The predicted octanol–water partition coefficient (Wildman–Crippen LogP) is 4.76. The third-order valence-electron chi connectivity index (χ3n) is 6.20. The number of aliphatic hydroxyl groups is 1. The van der Waals surface area contributed by atoms with E-state index in [1.165, 1.54) is 31.3 Å². The highest BCUT2D eigenvalue weighted by Crippen LogP contribution is 2.48. The number of rotatable bonds is 5. The first-order valence-corrected chi connectivity index (χ1v) is 13.0. The molecule has 4 atom stereocenters. The summed E-state index contributed by atoms with van der Waals surface area (Å²) in [6, 6.07) is 14.1. The first-order valence-electron chi connectivity index (χ1n) is 11.5. The molecule has 0 aliphatic carbocycles. The topological polar surface area (TPSA) is 92.6 Å². The zero-order valence-electron chi connectivity index (χ0n) is 19.9. The lowest BCUT2D eigenvalue weighted by atomic mass is 9.98. The molecule has 38 heavy (non-hydrogen) atoms. The van der Waals surface area contributed by atoms with E-state index in [4.69, 9.17) is 9.47 Å². The fourth-order valence-corrected chi connectivity index (χ4v) is 6.06. The highest BCUT2D eigenvalue weighted by Gasteiger charge is 2.41. The van der Waals surface area contributed by atoms with Crippen molar-refractivity contribution in [3.8, 4) is 17.2 Å². The van der Waals surface area contributed by atoms with Crippen molar-refractivity contribution in [3.63, 3.8) is 0 Å². The maximum atomic E-state index is 14.0. The molecule has 2 aliphatic rings. The van der Waals surface area contributed by atoms with E-state index in [1.54, 1.807) is 35.2 Å². The molecule has 3 aromatic carbocycles. The minimum atomic E-state index is -4.86. The van der Waals surface area contributed by atoms with Crippen LogP contribution in [0.25, 0.3) is 0 Å². The lowest BCUT2D eigenvalue weighted by molar-refractivity contribution is -0.274. The SMILES string of the molecule is CN=S(=O)(NC1COCC(N2c3ccccc3Oc3cc(F)ccc32)C1O)c1ccc(OC(F)(F)F)cc1. The Morgan fingerprint density at radius 1 is 1.05 bits per heavy atom. The number of hydrogen-bond acceptors (Lipinski definition) is 7. The summed E-state index contributed by atoms with van der Waals surface area (Å²) in [5.41, 5.74) is 1.14. The van der Waals surface area contributed by atoms with Gasteiger partial charge in [0.1, 0.15) is 21.5 Å². The van der Waals surface area contributed by atoms with Crippen LogP contribution in [0.1, 0.15) is 0 Å². The molecule has 0 saturated carbocycles. The van der Waals surface area contributed by atoms with E-state index in [2.05, 4.69) is 13.8 Å². The minimum Gasteiger partial charge on any atom is -0.453 e. The second-order valence-electron chi connectivity index (χ2n) is 8.60. The summed E-state index contributed by atoms with van der Waals surface area (Å²) in [4.78, 5) is 1.89. The van der Waals surface area contributed by atoms with Gasteiger partial charge in [0, 0.05) is 13.1 Å². The van der Waals surface area contributed by atoms with Gasteiger partial charge < -0.3 is 24.2 Å². The number of para-hydroxylation sites is 2. The van der Waals surface area contributed by atoms with Crippen LogP contribution in [0.4, 0.5) is 28.9 Å². The Morgan fingerprint density at radius 3 is 2.47 bits per heavy atom. The second kappa shape index (κ2) is 10.1. The highest BCUT2D eigenvalue weighted by atomic mass is 32.2. The van der Waals surface area contributed by atoms with E-state index in [-0.39, 0.29) is 23.9 Å². The van der Waals surface area contributed by atoms with Crippen LogP contribution >= 0.6 is 0 Å². The van der Waals surface area contributed by atoms with Crippen molar-refractivity contribution in [3.05, 3.63) is 72.5 Å². The van der Waals surface area contributed by atoms with Crippen LogP contribution in [0.2, 0.25) is 0 Å². The minimum absolute atomic E-state index is 0.0122. The van der Waals surface area contributed by atoms with Crippen molar-refractivity contribution in [2.45, 2.75) is 29.4 Å². The summed E-state index contributed by atoms with van der Waals surface area (Å²) in [5, 5.41) is 11.5. The molecule has 0 bridgehead atoms. The molecule has 13 heteroatoms. The number of nitrogens with one attached hydrogen (secondary N) is 1. The Hall–Kier alpha value is -3.39. The number of anilines is 2. The van der Waals surface area contributed by atoms with E-state index in [1.807, 2.05) is 0 Å². The zero-order chi connectivity index (χ0) is 27.1. The molecule has 5 rings (SSSR count). The van der Waals surface area contributed by atoms with Crippen LogP contribution in [0.3, 0.4) is 0 Å². The van der Waals surface area contributed by atoms with Crippen molar-refractivity contribution in [1.29, 1.82) is 0 Å². The predicted molar refractivity (Wildman–Crippen MR) is 130 cm³/mol. The average molecular weight is 554 g/mol. The smallest absolute Gasteiger partial charge is 0.453 e. The largest absolute Gasteiger partial charge is 0.573 e. The standard InChI is InChI=1S/C25H23F4N3O5S/c1-30-38(34,17-9-7-16(8-10-17)37-25(27,28)29)31-18-13-35-14-21(24(18)33)32-19-4-2-3-5-22(19)36-23-12-15(26)6-11-20(23)32/h2-12,18,21,24,33H,13-14H2,1H3,(H,30,31,34). The summed E-state index contributed by atoms with van der Waals surface area (Å²) in [5.74, 6) is -0.235. The number of ether oxygens (including phenoxy) is 3. The first-order chi connectivity index (χ1) is 18.1. The number of fused-ring (bicyclic) bond motifs is 2. The van der Waals surface area contributed by atoms with E-state index < -0.39 is 46.0 Å². The Balaban J connectivity index is 1.43. The lowest BCUT2D eigenvalue weighted by Crippen LogP contribution is -2.60. The van der Waals surface area contributed by atoms with Crippen molar-refractivity contribution in [2.24, 2.45) is 4.36 Å². The van der Waals surface area contributed by atoms with Gasteiger partial charge in [-0.2, -0.15) is 0 Å². The monoisotopic (exact) mass is 553 g/mol. The van der Waals surface area contributed by atoms with Crippen LogP contribution < -0.4 is 19.1 Å². The molecular formula is C25H23F4N3O5S. The van der Waals surface area contributed by atoms with Gasteiger partial charge in [-0.3, -0.25) is 0 Å². The van der Waals surface area contributed by atoms with Gasteiger partial charge in [-0.25, -0.2) is 17.7 Å². The first kappa shape index (κ1) is 26.2. The molecule has 2 aliphatic heterocycles. The second-order valence-corrected chi connectivity index (χ2v) is 10.7. The lowest BCUT2D eigenvalue weighted by Gasteiger charge is -2.44. The van der Waals surface area contributed by atoms with Crippen molar-refractivity contribution in [2.75, 3.05) is 25.2 Å². The third-order valence-corrected chi connectivity index (χ3v) is 8.24. The Bertz CT molecular complexity index is 1440. The van der Waals surface area contributed by atoms with Crippen LogP contribution in [-0.2, 0) is 14.7 Å². The molecule has 2 N–H and O–H groups in total. The molecule has 0 spiro atoms. The summed E-state index contributed by atoms with van der Waals surface area (Å²) in [7, 11) is -2.08. The summed E-state index contributed by atoms with van der Waals surface area (Å²) in [6.07, 6.45) is -6.01. The summed E-state index contributed by atoms with van der Waals surface area (Å²) >= 11 is 0. The van der Waals surface area contributed by atoms with Gasteiger partial charge in [0.2, 0.25) is 0 Å². The highest BCUT2D eigenvalue weighted by molar-refractivity contribution is 7.91. The van der Waals surface area contributed by atoms with E-state index in [9.17, 15) is 26.9 Å². The van der Waals surface area contributed by atoms with Gasteiger partial charge >= 0.3 is 6.36 Å². The van der Waals surface area contributed by atoms with Crippen LogP contribution in [0.15, 0.2) is 76.0 Å². The number of alkyl halides is 3. The number of aliphatic hydroxyl groups excluding tert-OH is 1.